The second-order valence-corrected chi connectivity index (χ2v) is 5.15. The van der Waals surface area contributed by atoms with E-state index in [1.165, 1.54) is 22.4 Å². The molecule has 0 aromatic carbocycles. The first-order chi connectivity index (χ1) is 8.08. The lowest BCUT2D eigenvalue weighted by Crippen LogP contribution is -2.21. The van der Waals surface area contributed by atoms with Gasteiger partial charge in [0.1, 0.15) is 17.6 Å². The lowest BCUT2D eigenvalue weighted by Gasteiger charge is -2.11. The molecule has 0 saturated heterocycles. The van der Waals surface area contributed by atoms with Gasteiger partial charge in [-0.05, 0) is 0 Å². The van der Waals surface area contributed by atoms with Crippen molar-refractivity contribution in [3.63, 3.8) is 0 Å². The number of nitrogens with zero attached hydrogens (tertiary/aromatic N) is 2. The van der Waals surface area contributed by atoms with Crippen LogP contribution in [0.15, 0.2) is 6.20 Å². The summed E-state index contributed by atoms with van der Waals surface area (Å²) in [6.07, 6.45) is 1.50. The molecule has 7 heteroatoms. The average molecular weight is 323 g/mol. The molecular weight excluding hydrogens is 308 g/mol. The number of thiazole rings is 1. The standard InChI is InChI=1S/C10H15BrN2O3S/c1-13(2)9(14)8-5-12-10(17-8)16-6-7(4-11)15-3/h5,7H,4,6H2,1-3H3. The average Bonchev–Trinajstić information content (AvgIpc) is 2.78. The Bertz CT molecular complexity index is 366. The van der Waals surface area contributed by atoms with E-state index < -0.39 is 0 Å². The van der Waals surface area contributed by atoms with Crippen molar-refractivity contribution in [2.45, 2.75) is 6.10 Å². The molecule has 0 saturated carbocycles. The molecule has 1 unspecified atom stereocenters. The second-order valence-electron chi connectivity index (χ2n) is 3.51. The number of carbonyl (C=O) groups is 1. The van der Waals surface area contributed by atoms with Crippen LogP contribution in [-0.2, 0) is 4.74 Å². The summed E-state index contributed by atoms with van der Waals surface area (Å²) in [7, 11) is 5.03. The molecule has 0 aliphatic carbocycles. The number of rotatable bonds is 6. The molecule has 1 atom stereocenters. The van der Waals surface area contributed by atoms with Gasteiger partial charge in [-0.25, -0.2) is 4.98 Å². The monoisotopic (exact) mass is 322 g/mol. The first-order valence-electron chi connectivity index (χ1n) is 4.97. The van der Waals surface area contributed by atoms with Gasteiger partial charge in [0, 0.05) is 26.5 Å². The Morgan fingerprint density at radius 3 is 2.88 bits per heavy atom. The van der Waals surface area contributed by atoms with E-state index in [9.17, 15) is 4.79 Å². The first-order valence-corrected chi connectivity index (χ1v) is 6.91. The molecule has 1 amide bonds. The van der Waals surface area contributed by atoms with Gasteiger partial charge in [0.25, 0.3) is 11.1 Å². The number of ether oxygens (including phenoxy) is 2. The van der Waals surface area contributed by atoms with Crippen molar-refractivity contribution in [1.29, 1.82) is 0 Å². The molecule has 0 aliphatic heterocycles. The highest BCUT2D eigenvalue weighted by atomic mass is 79.9. The van der Waals surface area contributed by atoms with Crippen LogP contribution in [0.4, 0.5) is 0 Å². The molecule has 1 rings (SSSR count). The van der Waals surface area contributed by atoms with Gasteiger partial charge in [0.2, 0.25) is 0 Å². The topological polar surface area (TPSA) is 51.7 Å². The van der Waals surface area contributed by atoms with Crippen LogP contribution in [-0.4, -0.2) is 55.0 Å². The zero-order valence-corrected chi connectivity index (χ0v) is 12.4. The van der Waals surface area contributed by atoms with Gasteiger partial charge in [-0.3, -0.25) is 4.79 Å². The first kappa shape index (κ1) is 14.4. The summed E-state index contributed by atoms with van der Waals surface area (Å²) >= 11 is 4.55. The summed E-state index contributed by atoms with van der Waals surface area (Å²) in [6, 6.07) is 0. The Balaban J connectivity index is 2.54. The fourth-order valence-electron chi connectivity index (χ4n) is 0.984. The summed E-state index contributed by atoms with van der Waals surface area (Å²) in [6.45, 7) is 0.408. The maximum atomic E-state index is 11.6. The van der Waals surface area contributed by atoms with Gasteiger partial charge in [-0.1, -0.05) is 27.3 Å². The Morgan fingerprint density at radius 2 is 2.35 bits per heavy atom. The fraction of sp³-hybridized carbons (Fsp3) is 0.600. The Hall–Kier alpha value is -0.660. The van der Waals surface area contributed by atoms with Crippen LogP contribution in [0.1, 0.15) is 9.67 Å². The quantitative estimate of drug-likeness (QED) is 0.747. The van der Waals surface area contributed by atoms with Gasteiger partial charge >= 0.3 is 0 Å². The van der Waals surface area contributed by atoms with Gasteiger partial charge in [-0.15, -0.1) is 0 Å². The van der Waals surface area contributed by atoms with Crippen molar-refractivity contribution in [2.24, 2.45) is 0 Å². The van der Waals surface area contributed by atoms with E-state index in [0.29, 0.717) is 22.0 Å². The number of aromatic nitrogens is 1. The summed E-state index contributed by atoms with van der Waals surface area (Å²) < 4.78 is 10.6. The fourth-order valence-corrected chi connectivity index (χ4v) is 2.23. The van der Waals surface area contributed by atoms with Crippen LogP contribution >= 0.6 is 27.3 Å². The van der Waals surface area contributed by atoms with Crippen molar-refractivity contribution >= 4 is 33.2 Å². The largest absolute Gasteiger partial charge is 0.467 e. The SMILES string of the molecule is COC(CBr)COc1ncc(C(=O)N(C)C)s1. The molecule has 5 nitrogen and oxygen atoms in total. The number of hydrogen-bond acceptors (Lipinski definition) is 5. The maximum absolute atomic E-state index is 11.6. The van der Waals surface area contributed by atoms with E-state index in [1.54, 1.807) is 21.2 Å². The van der Waals surface area contributed by atoms with Crippen LogP contribution in [0, 0.1) is 0 Å². The smallest absolute Gasteiger partial charge is 0.273 e. The molecule has 0 fully saturated rings. The summed E-state index contributed by atoms with van der Waals surface area (Å²) in [5.41, 5.74) is 0. The predicted octanol–water partition coefficient (Wildman–Crippen LogP) is 1.63. The highest BCUT2D eigenvalue weighted by molar-refractivity contribution is 9.09. The van der Waals surface area contributed by atoms with E-state index in [0.717, 1.165) is 0 Å². The molecule has 0 aliphatic rings. The molecule has 0 radical (unpaired) electrons. The van der Waals surface area contributed by atoms with Crippen LogP contribution in [0.5, 0.6) is 5.19 Å². The zero-order chi connectivity index (χ0) is 12.8. The minimum absolute atomic E-state index is 0.0214. The highest BCUT2D eigenvalue weighted by Gasteiger charge is 2.14. The molecule has 1 aromatic rings. The Kier molecular flexibility index (Phi) is 5.87. The highest BCUT2D eigenvalue weighted by Crippen LogP contribution is 2.21. The lowest BCUT2D eigenvalue weighted by molar-refractivity contribution is 0.0757. The lowest BCUT2D eigenvalue weighted by atomic mass is 10.4. The van der Waals surface area contributed by atoms with Crippen molar-refractivity contribution in [1.82, 2.24) is 9.88 Å². The third-order valence-corrected chi connectivity index (χ3v) is 3.62. The van der Waals surface area contributed by atoms with Crippen molar-refractivity contribution < 1.29 is 14.3 Å². The number of methoxy groups -OCH3 is 1. The third-order valence-electron chi connectivity index (χ3n) is 2.00. The Morgan fingerprint density at radius 1 is 1.65 bits per heavy atom. The number of alkyl halides is 1. The van der Waals surface area contributed by atoms with Crippen molar-refractivity contribution in [3.8, 4) is 5.19 Å². The van der Waals surface area contributed by atoms with Crippen LogP contribution in [0.3, 0.4) is 0 Å². The third kappa shape index (κ3) is 4.25. The van der Waals surface area contributed by atoms with Crippen molar-refractivity contribution in [3.05, 3.63) is 11.1 Å². The number of amides is 1. The molecule has 0 bridgehead atoms. The zero-order valence-electron chi connectivity index (χ0n) is 9.97. The van der Waals surface area contributed by atoms with Crippen LogP contribution in [0.25, 0.3) is 0 Å². The van der Waals surface area contributed by atoms with Gasteiger partial charge < -0.3 is 14.4 Å². The number of halogens is 1. The molecule has 1 aromatic heterocycles. The van der Waals surface area contributed by atoms with E-state index in [4.69, 9.17) is 9.47 Å². The molecule has 1 heterocycles. The molecule has 0 N–H and O–H groups in total. The van der Waals surface area contributed by atoms with Gasteiger partial charge in [-0.2, -0.15) is 0 Å². The second kappa shape index (κ2) is 6.93. The van der Waals surface area contributed by atoms with E-state index in [2.05, 4.69) is 20.9 Å². The molecule has 96 valence electrons. The maximum Gasteiger partial charge on any atom is 0.273 e. The summed E-state index contributed by atoms with van der Waals surface area (Å²) in [5.74, 6) is -0.0684. The van der Waals surface area contributed by atoms with Crippen LogP contribution < -0.4 is 4.74 Å². The van der Waals surface area contributed by atoms with E-state index in [-0.39, 0.29) is 12.0 Å². The van der Waals surface area contributed by atoms with Crippen molar-refractivity contribution in [2.75, 3.05) is 33.1 Å². The molecular formula is C10H15BrN2O3S. The summed E-state index contributed by atoms with van der Waals surface area (Å²) in [4.78, 5) is 17.7. The summed E-state index contributed by atoms with van der Waals surface area (Å²) in [5, 5.41) is 1.18. The van der Waals surface area contributed by atoms with Gasteiger partial charge in [0.15, 0.2) is 0 Å². The predicted molar refractivity (Wildman–Crippen MR) is 70.2 cm³/mol. The van der Waals surface area contributed by atoms with Gasteiger partial charge in [0.05, 0.1) is 6.20 Å². The minimum Gasteiger partial charge on any atom is -0.467 e. The van der Waals surface area contributed by atoms with Crippen LogP contribution in [0.2, 0.25) is 0 Å². The van der Waals surface area contributed by atoms with E-state index in [1.807, 2.05) is 0 Å². The molecule has 0 spiro atoms. The van der Waals surface area contributed by atoms with E-state index >= 15 is 0 Å². The number of carbonyl (C=O) groups excluding carboxylic acids is 1. The molecule has 17 heavy (non-hydrogen) atoms. The number of hydrogen-bond donors (Lipinski definition) is 0. The Labute approximate surface area is 113 Å². The minimum atomic E-state index is -0.0684. The normalized spacial score (nSPS) is 12.2.